The van der Waals surface area contributed by atoms with Crippen LogP contribution in [0.2, 0.25) is 0 Å². The van der Waals surface area contributed by atoms with Gasteiger partial charge in [0.15, 0.2) is 0 Å². The first kappa shape index (κ1) is 16.9. The average molecular weight is 322 g/mol. The summed E-state index contributed by atoms with van der Waals surface area (Å²) in [6.45, 7) is 4.61. The van der Waals surface area contributed by atoms with Crippen molar-refractivity contribution in [1.82, 2.24) is 30.5 Å². The molecule has 2 heterocycles. The number of ether oxygens (including phenoxy) is 1. The molecule has 0 radical (unpaired) electrons. The minimum absolute atomic E-state index is 0.0301. The molecule has 1 fully saturated rings. The molecule has 23 heavy (non-hydrogen) atoms. The largest absolute Gasteiger partial charge is 0.445 e. The molecule has 0 saturated carbocycles. The number of carbonyl (C=O) groups excluding carboxylic acids is 2. The van der Waals surface area contributed by atoms with Gasteiger partial charge in [0.25, 0.3) is 0 Å². The molecule has 9 nitrogen and oxygen atoms in total. The third-order valence-corrected chi connectivity index (χ3v) is 3.64. The van der Waals surface area contributed by atoms with E-state index < -0.39 is 6.09 Å². The fourth-order valence-corrected chi connectivity index (χ4v) is 2.40. The molecule has 126 valence electrons. The van der Waals surface area contributed by atoms with Crippen LogP contribution in [0.25, 0.3) is 0 Å². The third kappa shape index (κ3) is 4.28. The fraction of sp³-hybridized carbons (Fsp3) is 0.571. The quantitative estimate of drug-likeness (QED) is 0.696. The van der Waals surface area contributed by atoms with Crippen molar-refractivity contribution in [1.29, 1.82) is 0 Å². The monoisotopic (exact) mass is 322 g/mol. The lowest BCUT2D eigenvalue weighted by molar-refractivity contribution is -0.122. The van der Waals surface area contributed by atoms with Crippen molar-refractivity contribution in [2.24, 2.45) is 0 Å². The van der Waals surface area contributed by atoms with E-state index in [9.17, 15) is 9.59 Å². The molecule has 0 aliphatic carbocycles. The van der Waals surface area contributed by atoms with E-state index in [0.29, 0.717) is 25.2 Å². The summed E-state index contributed by atoms with van der Waals surface area (Å²) in [5.74, 6) is -0.0301. The van der Waals surface area contributed by atoms with Gasteiger partial charge < -0.3 is 20.3 Å². The maximum atomic E-state index is 11.7. The summed E-state index contributed by atoms with van der Waals surface area (Å²) in [7, 11) is 3.25. The van der Waals surface area contributed by atoms with E-state index >= 15 is 0 Å². The van der Waals surface area contributed by atoms with Gasteiger partial charge in [0.2, 0.25) is 5.91 Å². The minimum atomic E-state index is -0.443. The van der Waals surface area contributed by atoms with Gasteiger partial charge in [-0.3, -0.25) is 4.79 Å². The molecule has 2 atom stereocenters. The van der Waals surface area contributed by atoms with Crippen LogP contribution in [0.4, 0.5) is 4.79 Å². The number of hydrogen-bond acceptors (Lipinski definition) is 6. The highest BCUT2D eigenvalue weighted by Crippen LogP contribution is 2.19. The van der Waals surface area contributed by atoms with Crippen LogP contribution in [-0.2, 0) is 16.1 Å². The Balaban J connectivity index is 1.90. The van der Waals surface area contributed by atoms with Crippen molar-refractivity contribution in [3.63, 3.8) is 0 Å². The summed E-state index contributed by atoms with van der Waals surface area (Å²) < 4.78 is 6.67. The first-order chi connectivity index (χ1) is 11.0. The lowest BCUT2D eigenvalue weighted by Crippen LogP contribution is -2.38. The molecule has 2 rings (SSSR count). The highest BCUT2D eigenvalue weighted by atomic mass is 16.6. The summed E-state index contributed by atoms with van der Waals surface area (Å²) in [5.41, 5.74) is 0.659. The van der Waals surface area contributed by atoms with Gasteiger partial charge in [-0.15, -0.1) is 5.10 Å². The lowest BCUT2D eigenvalue weighted by atomic mass is 10.1. The Morgan fingerprint density at radius 3 is 3.13 bits per heavy atom. The van der Waals surface area contributed by atoms with Crippen LogP contribution in [0, 0.1) is 0 Å². The maximum absolute atomic E-state index is 11.7. The van der Waals surface area contributed by atoms with Crippen LogP contribution in [0.1, 0.15) is 18.2 Å². The second-order valence-corrected chi connectivity index (χ2v) is 5.38. The molecule has 1 saturated heterocycles. The zero-order chi connectivity index (χ0) is 16.8. The molecule has 9 heteroatoms. The van der Waals surface area contributed by atoms with Gasteiger partial charge in [0.1, 0.15) is 12.3 Å². The predicted molar refractivity (Wildman–Crippen MR) is 82.5 cm³/mol. The van der Waals surface area contributed by atoms with Crippen LogP contribution in [0.3, 0.4) is 0 Å². The lowest BCUT2D eigenvalue weighted by Gasteiger charge is -2.14. The van der Waals surface area contributed by atoms with Crippen molar-refractivity contribution in [3.05, 3.63) is 24.5 Å². The Morgan fingerprint density at radius 1 is 1.65 bits per heavy atom. The van der Waals surface area contributed by atoms with Gasteiger partial charge >= 0.3 is 6.09 Å². The van der Waals surface area contributed by atoms with Gasteiger partial charge in [-0.2, -0.15) is 0 Å². The number of carbonyl (C=O) groups is 2. The summed E-state index contributed by atoms with van der Waals surface area (Å²) in [5, 5.41) is 13.9. The predicted octanol–water partition coefficient (Wildman–Crippen LogP) is -0.318. The molecule has 0 aromatic carbocycles. The number of rotatable bonds is 6. The fourth-order valence-electron chi connectivity index (χ4n) is 2.40. The summed E-state index contributed by atoms with van der Waals surface area (Å²) in [6, 6.07) is -0.147. The molecule has 1 aromatic heterocycles. The second kappa shape index (κ2) is 7.73. The third-order valence-electron chi connectivity index (χ3n) is 3.64. The molecule has 0 unspecified atom stereocenters. The maximum Gasteiger partial charge on any atom is 0.410 e. The molecule has 0 spiro atoms. The summed E-state index contributed by atoms with van der Waals surface area (Å²) in [6.07, 6.45) is 3.51. The van der Waals surface area contributed by atoms with E-state index in [1.807, 2.05) is 0 Å². The van der Waals surface area contributed by atoms with Crippen molar-refractivity contribution in [3.8, 4) is 0 Å². The molecule has 2 N–H and O–H groups in total. The Bertz CT molecular complexity index is 573. The Morgan fingerprint density at radius 2 is 2.43 bits per heavy atom. The number of nitrogens with one attached hydrogen (secondary N) is 2. The molecule has 1 aliphatic rings. The van der Waals surface area contributed by atoms with Crippen LogP contribution < -0.4 is 10.6 Å². The SMILES string of the molecule is C=CCOC(=O)N(C)Cc1cn([C@@H]2CN[C@H](C(=O)NC)C2)nn1. The van der Waals surface area contributed by atoms with Crippen LogP contribution in [-0.4, -0.2) is 65.2 Å². The smallest absolute Gasteiger partial charge is 0.410 e. The Kier molecular flexibility index (Phi) is 5.69. The van der Waals surface area contributed by atoms with E-state index in [1.54, 1.807) is 25.0 Å². The number of hydrogen-bond donors (Lipinski definition) is 2. The molecule has 1 aliphatic heterocycles. The van der Waals surface area contributed by atoms with Crippen LogP contribution in [0.15, 0.2) is 18.9 Å². The first-order valence-corrected chi connectivity index (χ1v) is 7.39. The highest BCUT2D eigenvalue weighted by Gasteiger charge is 2.30. The number of likely N-dealkylation sites (N-methyl/N-ethyl adjacent to an activating group) is 1. The molecular formula is C14H22N6O3. The van der Waals surface area contributed by atoms with E-state index in [4.69, 9.17) is 4.74 Å². The summed E-state index contributed by atoms with van der Waals surface area (Å²) in [4.78, 5) is 24.7. The summed E-state index contributed by atoms with van der Waals surface area (Å²) >= 11 is 0. The Labute approximate surface area is 134 Å². The van der Waals surface area contributed by atoms with E-state index in [-0.39, 0.29) is 24.6 Å². The van der Waals surface area contributed by atoms with Crippen molar-refractivity contribution in [2.45, 2.75) is 25.0 Å². The van der Waals surface area contributed by atoms with Crippen LogP contribution >= 0.6 is 0 Å². The number of amides is 2. The molecule has 1 aromatic rings. The van der Waals surface area contributed by atoms with E-state index in [1.165, 1.54) is 11.0 Å². The molecule has 2 amide bonds. The standard InChI is InChI=1S/C14H22N6O3/c1-4-5-23-14(22)19(3)8-10-9-20(18-17-10)11-6-12(16-7-11)13(21)15-2/h4,9,11-12,16H,1,5-8H2,2-3H3,(H,15,21)/t11-,12-/m0/s1. The van der Waals surface area contributed by atoms with E-state index in [0.717, 1.165) is 0 Å². The van der Waals surface area contributed by atoms with Gasteiger partial charge in [0.05, 0.1) is 24.8 Å². The number of nitrogens with zero attached hydrogens (tertiary/aromatic N) is 4. The van der Waals surface area contributed by atoms with Crippen molar-refractivity contribution in [2.75, 3.05) is 27.2 Å². The zero-order valence-corrected chi connectivity index (χ0v) is 13.4. The minimum Gasteiger partial charge on any atom is -0.445 e. The molecular weight excluding hydrogens is 300 g/mol. The van der Waals surface area contributed by atoms with Crippen LogP contribution in [0.5, 0.6) is 0 Å². The van der Waals surface area contributed by atoms with Crippen molar-refractivity contribution >= 4 is 12.0 Å². The number of aromatic nitrogens is 3. The Hall–Kier alpha value is -2.42. The van der Waals surface area contributed by atoms with Gasteiger partial charge in [-0.25, -0.2) is 9.48 Å². The topological polar surface area (TPSA) is 101 Å². The van der Waals surface area contributed by atoms with Gasteiger partial charge in [-0.1, -0.05) is 17.9 Å². The highest BCUT2D eigenvalue weighted by molar-refractivity contribution is 5.81. The average Bonchev–Trinajstić information content (AvgIpc) is 3.20. The van der Waals surface area contributed by atoms with Crippen molar-refractivity contribution < 1.29 is 14.3 Å². The van der Waals surface area contributed by atoms with Gasteiger partial charge in [-0.05, 0) is 6.42 Å². The second-order valence-electron chi connectivity index (χ2n) is 5.38. The zero-order valence-electron chi connectivity index (χ0n) is 13.4. The molecule has 0 bridgehead atoms. The van der Waals surface area contributed by atoms with Gasteiger partial charge in [0, 0.05) is 20.6 Å². The van der Waals surface area contributed by atoms with E-state index in [2.05, 4.69) is 27.5 Å². The normalized spacial score (nSPS) is 20.1. The first-order valence-electron chi connectivity index (χ1n) is 7.39.